The lowest BCUT2D eigenvalue weighted by Crippen LogP contribution is -2.10. The molecule has 0 aliphatic heterocycles. The van der Waals surface area contributed by atoms with Gasteiger partial charge in [0.15, 0.2) is 0 Å². The second-order valence-corrected chi connectivity index (χ2v) is 8.56. The first-order valence-corrected chi connectivity index (χ1v) is 9.49. The van der Waals surface area contributed by atoms with E-state index in [0.717, 1.165) is 12.1 Å². The van der Waals surface area contributed by atoms with Gasteiger partial charge in [-0.3, -0.25) is 9.65 Å². The Labute approximate surface area is 119 Å². The summed E-state index contributed by atoms with van der Waals surface area (Å²) < 4.78 is 17.9. The minimum atomic E-state index is -2.91. The van der Waals surface area contributed by atoms with E-state index in [-0.39, 0.29) is 5.25 Å². The van der Waals surface area contributed by atoms with Crippen molar-refractivity contribution in [2.75, 3.05) is 6.61 Å². The molecule has 0 saturated carbocycles. The van der Waals surface area contributed by atoms with Gasteiger partial charge in [0.05, 0.1) is 18.6 Å². The Morgan fingerprint density at radius 2 is 2.11 bits per heavy atom. The van der Waals surface area contributed by atoms with Crippen molar-refractivity contribution in [3.05, 3.63) is 30.3 Å². The Bertz CT molecular complexity index is 440. The van der Waals surface area contributed by atoms with Gasteiger partial charge in [0.25, 0.3) is 0 Å². The summed E-state index contributed by atoms with van der Waals surface area (Å²) in [5.41, 5.74) is 0.812. The summed E-state index contributed by atoms with van der Waals surface area (Å²) in [6.45, 7) is 3.43. The highest BCUT2D eigenvalue weighted by atomic mass is 32.7. The number of nitrogens with zero attached hydrogens (tertiary/aromatic N) is 1. The molecular weight excluding hydrogens is 279 g/mol. The maximum absolute atomic E-state index is 12.5. The van der Waals surface area contributed by atoms with Crippen molar-refractivity contribution in [2.24, 2.45) is 4.99 Å². The van der Waals surface area contributed by atoms with E-state index in [9.17, 15) is 4.57 Å². The molecule has 0 aliphatic carbocycles. The summed E-state index contributed by atoms with van der Waals surface area (Å²) in [7, 11) is 0. The molecule has 1 aromatic rings. The zero-order valence-electron chi connectivity index (χ0n) is 11.6. The fourth-order valence-corrected chi connectivity index (χ4v) is 5.32. The maximum atomic E-state index is 12.5. The van der Waals surface area contributed by atoms with Gasteiger partial charge in [-0.05, 0) is 36.9 Å². The van der Waals surface area contributed by atoms with Crippen molar-refractivity contribution in [1.29, 1.82) is 0 Å². The molecule has 6 heteroatoms. The molecule has 4 nitrogen and oxygen atoms in total. The van der Waals surface area contributed by atoms with Crippen LogP contribution < -0.4 is 5.09 Å². The minimum Gasteiger partial charge on any atom is -0.306 e. The van der Waals surface area contributed by atoms with E-state index >= 15 is 0 Å². The van der Waals surface area contributed by atoms with Gasteiger partial charge in [-0.1, -0.05) is 32.0 Å². The van der Waals surface area contributed by atoms with Crippen LogP contribution in [0.15, 0.2) is 35.3 Å². The molecule has 0 radical (unpaired) electrons. The Kier molecular flexibility index (Phi) is 7.21. The number of benzene rings is 1. The van der Waals surface area contributed by atoms with E-state index in [1.807, 2.05) is 44.2 Å². The molecule has 0 aromatic heterocycles. The number of hydrogen-bond acceptors (Lipinski definition) is 4. The van der Waals surface area contributed by atoms with Crippen LogP contribution in [0, 0.1) is 0 Å². The first-order valence-electron chi connectivity index (χ1n) is 6.38. The third-order valence-corrected chi connectivity index (χ3v) is 6.92. The van der Waals surface area contributed by atoms with Crippen LogP contribution in [0.25, 0.3) is 0 Å². The molecular formula is C13H21N2O2PS. The molecule has 0 fully saturated rings. The van der Waals surface area contributed by atoms with Gasteiger partial charge < -0.3 is 4.52 Å². The predicted octanol–water partition coefficient (Wildman–Crippen LogP) is 4.61. The molecule has 0 saturated heterocycles. The quantitative estimate of drug-likeness (QED) is 0.432. The van der Waals surface area contributed by atoms with Crippen LogP contribution in [0.5, 0.6) is 0 Å². The summed E-state index contributed by atoms with van der Waals surface area (Å²) >= 11 is 1.34. The maximum Gasteiger partial charge on any atom is 0.352 e. The molecule has 19 heavy (non-hydrogen) atoms. The monoisotopic (exact) mass is 300 g/mol. The number of hydrogen-bond donors (Lipinski definition) is 1. The zero-order valence-corrected chi connectivity index (χ0v) is 13.3. The predicted molar refractivity (Wildman–Crippen MR) is 84.3 cm³/mol. The largest absolute Gasteiger partial charge is 0.352 e. The molecule has 1 N–H and O–H groups in total. The highest BCUT2D eigenvalue weighted by molar-refractivity contribution is 8.56. The fourth-order valence-electron chi connectivity index (χ4n) is 1.27. The molecule has 1 aromatic carbocycles. The smallest absolute Gasteiger partial charge is 0.306 e. The van der Waals surface area contributed by atoms with Crippen LogP contribution in [0.3, 0.4) is 0 Å². The number of rotatable bonds is 8. The molecule has 0 heterocycles. The normalized spacial score (nSPS) is 16.2. The fraction of sp³-hybridized carbons (Fsp3) is 0.462. The van der Waals surface area contributed by atoms with Crippen molar-refractivity contribution in [3.8, 4) is 0 Å². The van der Waals surface area contributed by atoms with E-state index in [2.05, 4.69) is 17.0 Å². The van der Waals surface area contributed by atoms with Crippen LogP contribution in [-0.4, -0.2) is 18.2 Å². The van der Waals surface area contributed by atoms with Crippen molar-refractivity contribution < 1.29 is 9.09 Å². The highest BCUT2D eigenvalue weighted by Crippen LogP contribution is 2.57. The summed E-state index contributed by atoms with van der Waals surface area (Å²) in [4.78, 5) is 4.20. The Balaban J connectivity index is 2.63. The Morgan fingerprint density at radius 1 is 1.42 bits per heavy atom. The average molecular weight is 300 g/mol. The van der Waals surface area contributed by atoms with Crippen LogP contribution in [-0.2, 0) is 9.09 Å². The first-order chi connectivity index (χ1) is 9.09. The summed E-state index contributed by atoms with van der Waals surface area (Å²) in [6, 6.07) is 9.50. The van der Waals surface area contributed by atoms with Crippen molar-refractivity contribution >= 4 is 30.1 Å². The number of nitrogens with one attached hydrogen (secondary N) is 1. The lowest BCUT2D eigenvalue weighted by atomic mass is 10.3. The van der Waals surface area contributed by atoms with Gasteiger partial charge in [-0.25, -0.2) is 4.99 Å². The molecule has 1 rings (SSSR count). The molecule has 0 spiro atoms. The van der Waals surface area contributed by atoms with Gasteiger partial charge in [-0.2, -0.15) is 0 Å². The van der Waals surface area contributed by atoms with Crippen LogP contribution in [0.1, 0.15) is 27.2 Å². The Hall–Kier alpha value is -0.770. The highest BCUT2D eigenvalue weighted by Gasteiger charge is 2.24. The van der Waals surface area contributed by atoms with E-state index in [0.29, 0.717) is 6.61 Å². The summed E-state index contributed by atoms with van der Waals surface area (Å²) in [6.07, 6.45) is 2.40. The van der Waals surface area contributed by atoms with E-state index in [4.69, 9.17) is 4.52 Å². The zero-order chi connectivity index (χ0) is 14.1. The van der Waals surface area contributed by atoms with Gasteiger partial charge >= 0.3 is 6.72 Å². The summed E-state index contributed by atoms with van der Waals surface area (Å²) in [5, 5.41) is 3.09. The molecule has 106 valence electrons. The Morgan fingerprint density at radius 3 is 2.68 bits per heavy atom. The second kappa shape index (κ2) is 8.41. The first kappa shape index (κ1) is 16.3. The van der Waals surface area contributed by atoms with E-state index in [1.54, 1.807) is 0 Å². The lowest BCUT2D eigenvalue weighted by molar-refractivity contribution is 0.343. The molecule has 0 bridgehead atoms. The molecule has 0 aliphatic rings. The van der Waals surface area contributed by atoms with Crippen molar-refractivity contribution in [1.82, 2.24) is 5.09 Å². The van der Waals surface area contributed by atoms with Crippen LogP contribution in [0.2, 0.25) is 0 Å². The van der Waals surface area contributed by atoms with Gasteiger partial charge in [0, 0.05) is 5.25 Å². The van der Waals surface area contributed by atoms with Crippen LogP contribution >= 0.6 is 18.1 Å². The average Bonchev–Trinajstić information content (AvgIpc) is 2.40. The van der Waals surface area contributed by atoms with Gasteiger partial charge in [0.1, 0.15) is 0 Å². The molecule has 2 unspecified atom stereocenters. The molecule has 0 amide bonds. The van der Waals surface area contributed by atoms with E-state index in [1.165, 1.54) is 17.7 Å². The standard InChI is InChI=1S/C13H21N2O2PS/c1-4-12(3)19-18(16,17-5-2)15-11-14-13-9-7-6-8-10-13/h6-12H,4-5H2,1-3H3,(H,14,15,16). The lowest BCUT2D eigenvalue weighted by Gasteiger charge is -2.19. The third kappa shape index (κ3) is 6.28. The van der Waals surface area contributed by atoms with Crippen LogP contribution in [0.4, 0.5) is 5.69 Å². The van der Waals surface area contributed by atoms with Gasteiger partial charge in [0.2, 0.25) is 0 Å². The number of para-hydroxylation sites is 1. The topological polar surface area (TPSA) is 50.7 Å². The molecule has 2 atom stereocenters. The minimum absolute atomic E-state index is 0.273. The summed E-state index contributed by atoms with van der Waals surface area (Å²) in [5.74, 6) is 0. The second-order valence-electron chi connectivity index (χ2n) is 3.96. The van der Waals surface area contributed by atoms with Gasteiger partial charge in [-0.15, -0.1) is 0 Å². The third-order valence-electron chi connectivity index (χ3n) is 2.38. The van der Waals surface area contributed by atoms with Crippen molar-refractivity contribution in [2.45, 2.75) is 32.4 Å². The SMILES string of the molecule is CCOP(=O)(NC=Nc1ccccc1)SC(C)CC. The van der Waals surface area contributed by atoms with Crippen molar-refractivity contribution in [3.63, 3.8) is 0 Å². The van der Waals surface area contributed by atoms with E-state index < -0.39 is 6.72 Å². The number of aliphatic imine (C=N–C) groups is 1.